The standard InChI is InChI=1S/C24H30FN5O3/c1-16-3-4-17(13-20(16)29-23(32)28-19-7-12-33-15-19)22(31)30-10-8-24(25,9-11-30)21-6-5-18(26-2)14-27-21/h3-6,13-14,19,26H,7-12,15H2,1-2H3,(H2,28,29,32)/t19-/m1/s1. The molecule has 8 nitrogen and oxygen atoms in total. The zero-order chi connectivity index (χ0) is 23.4. The first-order valence-electron chi connectivity index (χ1n) is 11.3. The van der Waals surface area contributed by atoms with Gasteiger partial charge in [0.2, 0.25) is 0 Å². The number of halogens is 1. The predicted molar refractivity (Wildman–Crippen MR) is 124 cm³/mol. The Labute approximate surface area is 192 Å². The van der Waals surface area contributed by atoms with Crippen molar-refractivity contribution < 1.29 is 18.7 Å². The lowest BCUT2D eigenvalue weighted by Crippen LogP contribution is -2.43. The van der Waals surface area contributed by atoms with Gasteiger partial charge in [-0.2, -0.15) is 0 Å². The number of benzene rings is 1. The molecule has 0 bridgehead atoms. The van der Waals surface area contributed by atoms with Gasteiger partial charge in [0.25, 0.3) is 5.91 Å². The number of anilines is 2. The average Bonchev–Trinajstić information content (AvgIpc) is 3.33. The molecule has 1 aromatic heterocycles. The van der Waals surface area contributed by atoms with Crippen molar-refractivity contribution in [2.24, 2.45) is 0 Å². The van der Waals surface area contributed by atoms with Gasteiger partial charge < -0.3 is 25.6 Å². The van der Waals surface area contributed by atoms with E-state index in [2.05, 4.69) is 20.9 Å². The van der Waals surface area contributed by atoms with Gasteiger partial charge in [0, 0.05) is 50.8 Å². The van der Waals surface area contributed by atoms with Crippen LogP contribution in [-0.2, 0) is 10.4 Å². The molecule has 2 aliphatic heterocycles. The molecule has 1 aromatic carbocycles. The summed E-state index contributed by atoms with van der Waals surface area (Å²) in [7, 11) is 1.79. The number of likely N-dealkylation sites (tertiary alicyclic amines) is 1. The second-order valence-corrected chi connectivity index (χ2v) is 8.63. The number of alkyl halides is 1. The maximum Gasteiger partial charge on any atom is 0.319 e. The molecule has 3 heterocycles. The van der Waals surface area contributed by atoms with Crippen LogP contribution in [0.25, 0.3) is 0 Å². The van der Waals surface area contributed by atoms with Crippen molar-refractivity contribution in [2.75, 3.05) is 44.0 Å². The van der Waals surface area contributed by atoms with E-state index in [1.807, 2.05) is 6.92 Å². The van der Waals surface area contributed by atoms with Crippen molar-refractivity contribution in [2.45, 2.75) is 37.9 Å². The summed E-state index contributed by atoms with van der Waals surface area (Å²) < 4.78 is 20.8. The molecule has 2 aliphatic rings. The van der Waals surface area contributed by atoms with Gasteiger partial charge in [-0.05, 0) is 43.2 Å². The molecule has 9 heteroatoms. The first-order valence-corrected chi connectivity index (χ1v) is 11.3. The number of amides is 3. The lowest BCUT2D eigenvalue weighted by atomic mass is 9.89. The van der Waals surface area contributed by atoms with Crippen molar-refractivity contribution in [3.63, 3.8) is 0 Å². The Hall–Kier alpha value is -3.20. The van der Waals surface area contributed by atoms with Gasteiger partial charge >= 0.3 is 6.03 Å². The minimum atomic E-state index is -1.55. The Balaban J connectivity index is 1.39. The summed E-state index contributed by atoms with van der Waals surface area (Å²) in [5, 5.41) is 8.68. The Morgan fingerprint density at radius 1 is 1.21 bits per heavy atom. The van der Waals surface area contributed by atoms with E-state index in [1.165, 1.54) is 0 Å². The topological polar surface area (TPSA) is 95.6 Å². The fourth-order valence-electron chi connectivity index (χ4n) is 4.19. The van der Waals surface area contributed by atoms with E-state index in [9.17, 15) is 9.59 Å². The van der Waals surface area contributed by atoms with Crippen LogP contribution in [-0.4, -0.2) is 61.2 Å². The number of hydrogen-bond acceptors (Lipinski definition) is 5. The van der Waals surface area contributed by atoms with E-state index < -0.39 is 5.67 Å². The molecule has 0 unspecified atom stereocenters. The third-order valence-electron chi connectivity index (χ3n) is 6.35. The maximum absolute atomic E-state index is 15.5. The first kappa shape index (κ1) is 23.0. The van der Waals surface area contributed by atoms with Crippen LogP contribution in [0.1, 0.15) is 40.9 Å². The maximum atomic E-state index is 15.5. The number of aryl methyl sites for hydroxylation is 1. The van der Waals surface area contributed by atoms with Crippen LogP contribution in [0.2, 0.25) is 0 Å². The SMILES string of the molecule is CNc1ccc(C2(F)CCN(C(=O)c3ccc(C)c(NC(=O)N[C@@H]4CCOC4)c3)CC2)nc1. The summed E-state index contributed by atoms with van der Waals surface area (Å²) in [5.41, 5.74) is 1.55. The van der Waals surface area contributed by atoms with Gasteiger partial charge in [-0.15, -0.1) is 0 Å². The highest BCUT2D eigenvalue weighted by atomic mass is 19.1. The highest BCUT2D eigenvalue weighted by Gasteiger charge is 2.39. The van der Waals surface area contributed by atoms with Crippen molar-refractivity contribution in [1.29, 1.82) is 0 Å². The van der Waals surface area contributed by atoms with Crippen LogP contribution in [0.4, 0.5) is 20.6 Å². The molecule has 1 atom stereocenters. The quantitative estimate of drug-likeness (QED) is 0.642. The second kappa shape index (κ2) is 9.74. The molecule has 3 N–H and O–H groups in total. The molecule has 2 aromatic rings. The van der Waals surface area contributed by atoms with Crippen molar-refractivity contribution in [3.05, 3.63) is 53.3 Å². The van der Waals surface area contributed by atoms with Gasteiger partial charge in [0.05, 0.1) is 30.2 Å². The smallest absolute Gasteiger partial charge is 0.319 e. The normalized spacial score (nSPS) is 19.7. The van der Waals surface area contributed by atoms with Gasteiger partial charge in [-0.1, -0.05) is 6.07 Å². The van der Waals surface area contributed by atoms with E-state index in [0.717, 1.165) is 17.7 Å². The van der Waals surface area contributed by atoms with Crippen molar-refractivity contribution in [1.82, 2.24) is 15.2 Å². The lowest BCUT2D eigenvalue weighted by molar-refractivity contribution is 0.0403. The average molecular weight is 456 g/mol. The highest BCUT2D eigenvalue weighted by molar-refractivity contribution is 5.97. The molecule has 4 rings (SSSR count). The zero-order valence-corrected chi connectivity index (χ0v) is 19.0. The largest absolute Gasteiger partial charge is 0.387 e. The molecule has 3 amide bonds. The van der Waals surface area contributed by atoms with Gasteiger partial charge in [0.15, 0.2) is 5.67 Å². The minimum Gasteiger partial charge on any atom is -0.387 e. The number of urea groups is 1. The number of carbonyl (C=O) groups excluding carboxylic acids is 2. The van der Waals surface area contributed by atoms with Crippen LogP contribution >= 0.6 is 0 Å². The van der Waals surface area contributed by atoms with E-state index >= 15 is 4.39 Å². The fraction of sp³-hybridized carbons (Fsp3) is 0.458. The van der Waals surface area contributed by atoms with Crippen LogP contribution < -0.4 is 16.0 Å². The van der Waals surface area contributed by atoms with Gasteiger partial charge in [-0.25, -0.2) is 9.18 Å². The molecule has 0 radical (unpaired) electrons. The number of hydrogen-bond donors (Lipinski definition) is 3. The molecular formula is C24H30FN5O3. The number of aromatic nitrogens is 1. The molecule has 33 heavy (non-hydrogen) atoms. The number of ether oxygens (including phenoxy) is 1. The van der Waals surface area contributed by atoms with Gasteiger partial charge in [-0.3, -0.25) is 9.78 Å². The number of carbonyl (C=O) groups is 2. The van der Waals surface area contributed by atoms with Crippen LogP contribution in [0.3, 0.4) is 0 Å². The van der Waals surface area contributed by atoms with E-state index in [0.29, 0.717) is 43.2 Å². The van der Waals surface area contributed by atoms with Crippen molar-refractivity contribution in [3.8, 4) is 0 Å². The first-order chi connectivity index (χ1) is 15.9. The fourth-order valence-corrected chi connectivity index (χ4v) is 4.19. The summed E-state index contributed by atoms with van der Waals surface area (Å²) in [6.07, 6.45) is 2.77. The van der Waals surface area contributed by atoms with E-state index in [4.69, 9.17) is 4.74 Å². The van der Waals surface area contributed by atoms with Crippen molar-refractivity contribution >= 4 is 23.3 Å². The van der Waals surface area contributed by atoms with Crippen LogP contribution in [0.15, 0.2) is 36.5 Å². The monoisotopic (exact) mass is 455 g/mol. The van der Waals surface area contributed by atoms with E-state index in [1.54, 1.807) is 48.5 Å². The minimum absolute atomic E-state index is 0.00614. The molecule has 0 aliphatic carbocycles. The molecule has 0 saturated carbocycles. The third-order valence-corrected chi connectivity index (χ3v) is 6.35. The Bertz CT molecular complexity index is 1000. The summed E-state index contributed by atoms with van der Waals surface area (Å²) >= 11 is 0. The summed E-state index contributed by atoms with van der Waals surface area (Å²) in [6.45, 7) is 3.60. The molecule has 0 spiro atoms. The van der Waals surface area contributed by atoms with E-state index in [-0.39, 0.29) is 30.8 Å². The number of pyridine rings is 1. The number of nitrogens with zero attached hydrogens (tertiary/aromatic N) is 2. The predicted octanol–water partition coefficient (Wildman–Crippen LogP) is 3.44. The number of piperidine rings is 1. The Kier molecular flexibility index (Phi) is 6.78. The summed E-state index contributed by atoms with van der Waals surface area (Å²) in [4.78, 5) is 31.3. The molecule has 2 saturated heterocycles. The summed E-state index contributed by atoms with van der Waals surface area (Å²) in [6, 6.07) is 8.39. The summed E-state index contributed by atoms with van der Waals surface area (Å²) in [5.74, 6) is -0.178. The van der Waals surface area contributed by atoms with Crippen LogP contribution in [0.5, 0.6) is 0 Å². The zero-order valence-electron chi connectivity index (χ0n) is 19.0. The lowest BCUT2D eigenvalue weighted by Gasteiger charge is -2.36. The number of rotatable bonds is 5. The second-order valence-electron chi connectivity index (χ2n) is 8.63. The highest BCUT2D eigenvalue weighted by Crippen LogP contribution is 2.36. The Morgan fingerprint density at radius 3 is 2.64 bits per heavy atom. The molecular weight excluding hydrogens is 425 g/mol. The van der Waals surface area contributed by atoms with Gasteiger partial charge in [0.1, 0.15) is 0 Å². The van der Waals surface area contributed by atoms with Crippen LogP contribution in [0, 0.1) is 6.92 Å². The number of nitrogens with one attached hydrogen (secondary N) is 3. The Morgan fingerprint density at radius 2 is 2.00 bits per heavy atom. The third kappa shape index (κ3) is 5.24. The molecule has 176 valence electrons. The molecule has 2 fully saturated rings.